The fourth-order valence-electron chi connectivity index (χ4n) is 1.92. The fraction of sp³-hybridized carbons (Fsp3) is 0.500. The Labute approximate surface area is 106 Å². The van der Waals surface area contributed by atoms with Gasteiger partial charge in [-0.05, 0) is 13.0 Å². The third kappa shape index (κ3) is 2.42. The summed E-state index contributed by atoms with van der Waals surface area (Å²) in [5.74, 6) is 2.02. The number of hydrogen-bond donors (Lipinski definition) is 1. The zero-order valence-electron chi connectivity index (χ0n) is 9.79. The molecule has 1 heterocycles. The van der Waals surface area contributed by atoms with Crippen LogP contribution in [0.2, 0.25) is 5.02 Å². The predicted octanol–water partition coefficient (Wildman–Crippen LogP) is 2.01. The van der Waals surface area contributed by atoms with Crippen molar-refractivity contribution in [1.29, 1.82) is 0 Å². The standard InChI is InChI=1S/C12H16ClNO3/c1-15-11-8(3-4-14)12-10(7-9(11)13)16-5-2-6-17-12/h7H,2-6,14H2,1H3. The van der Waals surface area contributed by atoms with Crippen molar-refractivity contribution in [2.75, 3.05) is 26.9 Å². The summed E-state index contributed by atoms with van der Waals surface area (Å²) in [6.45, 7) is 1.78. The van der Waals surface area contributed by atoms with E-state index >= 15 is 0 Å². The first-order valence-corrected chi connectivity index (χ1v) is 6.00. The fourth-order valence-corrected chi connectivity index (χ4v) is 2.21. The van der Waals surface area contributed by atoms with Crippen molar-refractivity contribution in [3.05, 3.63) is 16.7 Å². The molecule has 2 rings (SSSR count). The van der Waals surface area contributed by atoms with Crippen molar-refractivity contribution in [3.8, 4) is 17.2 Å². The van der Waals surface area contributed by atoms with Crippen molar-refractivity contribution in [2.45, 2.75) is 12.8 Å². The lowest BCUT2D eigenvalue weighted by Crippen LogP contribution is -2.07. The minimum atomic E-state index is 0.506. The largest absolute Gasteiger partial charge is 0.495 e. The summed E-state index contributed by atoms with van der Waals surface area (Å²) in [5, 5.41) is 0.528. The molecule has 94 valence electrons. The minimum absolute atomic E-state index is 0.506. The van der Waals surface area contributed by atoms with E-state index in [2.05, 4.69) is 0 Å². The van der Waals surface area contributed by atoms with E-state index in [9.17, 15) is 0 Å². The molecule has 17 heavy (non-hydrogen) atoms. The summed E-state index contributed by atoms with van der Waals surface area (Å²) < 4.78 is 16.6. The Bertz CT molecular complexity index is 409. The van der Waals surface area contributed by atoms with E-state index in [0.29, 0.717) is 48.5 Å². The highest BCUT2D eigenvalue weighted by atomic mass is 35.5. The van der Waals surface area contributed by atoms with Gasteiger partial charge in [-0.1, -0.05) is 11.6 Å². The molecule has 0 saturated carbocycles. The molecule has 0 radical (unpaired) electrons. The molecule has 1 aliphatic heterocycles. The summed E-state index contributed by atoms with van der Waals surface area (Å²) in [6, 6.07) is 1.74. The third-order valence-corrected chi connectivity index (χ3v) is 2.92. The number of rotatable bonds is 3. The second-order valence-corrected chi connectivity index (χ2v) is 4.19. The topological polar surface area (TPSA) is 53.7 Å². The van der Waals surface area contributed by atoms with Crippen LogP contribution >= 0.6 is 11.6 Å². The van der Waals surface area contributed by atoms with Crippen LogP contribution in [0.15, 0.2) is 6.07 Å². The SMILES string of the molecule is COc1c(Cl)cc2c(c1CCN)OCCCO2. The lowest BCUT2D eigenvalue weighted by atomic mass is 10.1. The monoisotopic (exact) mass is 257 g/mol. The van der Waals surface area contributed by atoms with Crippen LogP contribution in [0.4, 0.5) is 0 Å². The van der Waals surface area contributed by atoms with Crippen molar-refractivity contribution in [2.24, 2.45) is 5.73 Å². The normalized spacial score (nSPS) is 14.3. The molecule has 4 nitrogen and oxygen atoms in total. The Morgan fingerprint density at radius 3 is 2.88 bits per heavy atom. The van der Waals surface area contributed by atoms with Crippen LogP contribution < -0.4 is 19.9 Å². The van der Waals surface area contributed by atoms with Crippen LogP contribution in [0.25, 0.3) is 0 Å². The molecular weight excluding hydrogens is 242 g/mol. The minimum Gasteiger partial charge on any atom is -0.495 e. The van der Waals surface area contributed by atoms with E-state index in [0.717, 1.165) is 12.0 Å². The van der Waals surface area contributed by atoms with E-state index in [1.165, 1.54) is 0 Å². The molecule has 1 aliphatic rings. The van der Waals surface area contributed by atoms with Crippen LogP contribution in [-0.2, 0) is 6.42 Å². The Morgan fingerprint density at radius 2 is 2.18 bits per heavy atom. The van der Waals surface area contributed by atoms with Gasteiger partial charge < -0.3 is 19.9 Å². The van der Waals surface area contributed by atoms with Crippen LogP contribution in [-0.4, -0.2) is 26.9 Å². The molecule has 0 aromatic heterocycles. The number of ether oxygens (including phenoxy) is 3. The number of benzene rings is 1. The molecule has 2 N–H and O–H groups in total. The van der Waals surface area contributed by atoms with Crippen LogP contribution in [0, 0.1) is 0 Å². The highest BCUT2D eigenvalue weighted by Crippen LogP contribution is 2.43. The van der Waals surface area contributed by atoms with Gasteiger partial charge in [0.15, 0.2) is 11.5 Å². The van der Waals surface area contributed by atoms with Crippen molar-refractivity contribution < 1.29 is 14.2 Å². The van der Waals surface area contributed by atoms with Gasteiger partial charge in [-0.15, -0.1) is 0 Å². The number of fused-ring (bicyclic) bond motifs is 1. The van der Waals surface area contributed by atoms with E-state index in [1.807, 2.05) is 0 Å². The molecule has 0 amide bonds. The number of hydrogen-bond acceptors (Lipinski definition) is 4. The summed E-state index contributed by atoms with van der Waals surface area (Å²) in [5.41, 5.74) is 6.50. The molecular formula is C12H16ClNO3. The molecule has 0 unspecified atom stereocenters. The van der Waals surface area contributed by atoms with Gasteiger partial charge in [-0.25, -0.2) is 0 Å². The molecule has 0 bridgehead atoms. The highest BCUT2D eigenvalue weighted by molar-refractivity contribution is 6.32. The van der Waals surface area contributed by atoms with E-state index in [4.69, 9.17) is 31.5 Å². The zero-order valence-corrected chi connectivity index (χ0v) is 10.5. The van der Waals surface area contributed by atoms with E-state index in [-0.39, 0.29) is 0 Å². The summed E-state index contributed by atoms with van der Waals surface area (Å²) in [6.07, 6.45) is 1.51. The molecule has 0 fully saturated rings. The van der Waals surface area contributed by atoms with Gasteiger partial charge in [0, 0.05) is 18.1 Å². The Morgan fingerprint density at radius 1 is 1.41 bits per heavy atom. The van der Waals surface area contributed by atoms with E-state index in [1.54, 1.807) is 13.2 Å². The number of halogens is 1. The molecule has 5 heteroatoms. The van der Waals surface area contributed by atoms with Crippen LogP contribution in [0.1, 0.15) is 12.0 Å². The highest BCUT2D eigenvalue weighted by Gasteiger charge is 2.21. The lowest BCUT2D eigenvalue weighted by Gasteiger charge is -2.17. The molecule has 1 aromatic carbocycles. The molecule has 0 aliphatic carbocycles. The van der Waals surface area contributed by atoms with Gasteiger partial charge in [0.1, 0.15) is 5.75 Å². The van der Waals surface area contributed by atoms with Gasteiger partial charge in [-0.3, -0.25) is 0 Å². The zero-order chi connectivity index (χ0) is 12.3. The second kappa shape index (κ2) is 5.47. The molecule has 0 spiro atoms. The Hall–Kier alpha value is -1.13. The smallest absolute Gasteiger partial charge is 0.168 e. The summed E-state index contributed by atoms with van der Waals surface area (Å²) in [4.78, 5) is 0. The molecule has 1 aromatic rings. The van der Waals surface area contributed by atoms with Crippen LogP contribution in [0.3, 0.4) is 0 Å². The van der Waals surface area contributed by atoms with Crippen molar-refractivity contribution in [3.63, 3.8) is 0 Å². The first kappa shape index (κ1) is 12.3. The number of methoxy groups -OCH3 is 1. The summed E-state index contributed by atoms with van der Waals surface area (Å²) in [7, 11) is 1.59. The van der Waals surface area contributed by atoms with Gasteiger partial charge in [0.25, 0.3) is 0 Å². The third-order valence-electron chi connectivity index (χ3n) is 2.64. The van der Waals surface area contributed by atoms with Gasteiger partial charge in [0.05, 0.1) is 25.3 Å². The first-order chi connectivity index (χ1) is 8.27. The first-order valence-electron chi connectivity index (χ1n) is 5.63. The maximum absolute atomic E-state index is 6.15. The van der Waals surface area contributed by atoms with Gasteiger partial charge in [-0.2, -0.15) is 0 Å². The Balaban J connectivity index is 2.53. The maximum Gasteiger partial charge on any atom is 0.168 e. The average molecular weight is 258 g/mol. The van der Waals surface area contributed by atoms with Crippen molar-refractivity contribution >= 4 is 11.6 Å². The molecule has 0 saturated heterocycles. The number of nitrogens with two attached hydrogens (primary N) is 1. The quantitative estimate of drug-likeness (QED) is 0.900. The van der Waals surface area contributed by atoms with E-state index < -0.39 is 0 Å². The predicted molar refractivity (Wildman–Crippen MR) is 66.4 cm³/mol. The van der Waals surface area contributed by atoms with Crippen LogP contribution in [0.5, 0.6) is 17.2 Å². The maximum atomic E-state index is 6.15. The van der Waals surface area contributed by atoms with Gasteiger partial charge >= 0.3 is 0 Å². The summed E-state index contributed by atoms with van der Waals surface area (Å²) >= 11 is 6.15. The Kier molecular flexibility index (Phi) is 3.97. The molecule has 0 atom stereocenters. The van der Waals surface area contributed by atoms with Crippen molar-refractivity contribution in [1.82, 2.24) is 0 Å². The van der Waals surface area contributed by atoms with Gasteiger partial charge in [0.2, 0.25) is 0 Å². The second-order valence-electron chi connectivity index (χ2n) is 3.79. The average Bonchev–Trinajstić information content (AvgIpc) is 2.54. The lowest BCUT2D eigenvalue weighted by molar-refractivity contribution is 0.295.